The molecular weight excluding hydrogens is 152 g/mol. The Hall–Kier alpha value is -0.0800. The van der Waals surface area contributed by atoms with E-state index in [2.05, 4.69) is 13.8 Å². The molecule has 0 heterocycles. The molecular formula is C10H18O2. The number of hydrogen-bond donors (Lipinski definition) is 2. The van der Waals surface area contributed by atoms with Crippen LogP contribution in [-0.4, -0.2) is 21.9 Å². The molecule has 12 heavy (non-hydrogen) atoms. The van der Waals surface area contributed by atoms with E-state index in [1.165, 1.54) is 0 Å². The highest BCUT2D eigenvalue weighted by Gasteiger charge is 2.63. The summed E-state index contributed by atoms with van der Waals surface area (Å²) in [6, 6.07) is 0. The van der Waals surface area contributed by atoms with E-state index in [-0.39, 0.29) is 0 Å². The van der Waals surface area contributed by atoms with Crippen LogP contribution in [0, 0.1) is 17.3 Å². The molecule has 4 atom stereocenters. The van der Waals surface area contributed by atoms with Crippen LogP contribution in [0.15, 0.2) is 0 Å². The maximum atomic E-state index is 9.82. The lowest BCUT2D eigenvalue weighted by Crippen LogP contribution is -2.42. The molecule has 0 aromatic rings. The van der Waals surface area contributed by atoms with Gasteiger partial charge in [0.15, 0.2) is 0 Å². The van der Waals surface area contributed by atoms with E-state index in [0.717, 1.165) is 12.8 Å². The van der Waals surface area contributed by atoms with Crippen LogP contribution in [0.25, 0.3) is 0 Å². The van der Waals surface area contributed by atoms with Gasteiger partial charge in [0.25, 0.3) is 0 Å². The maximum absolute atomic E-state index is 9.82. The lowest BCUT2D eigenvalue weighted by Gasteiger charge is -2.32. The van der Waals surface area contributed by atoms with Gasteiger partial charge in [-0.15, -0.1) is 0 Å². The maximum Gasteiger partial charge on any atom is 0.0880 e. The standard InChI is InChI=1S/C10H18O2/c1-9(2)6-4-8(11)10(3,12)5-7(6)9/h6-8,11-12H,4-5H2,1-3H3/t6-,7?,8+,10?/m1/s1. The van der Waals surface area contributed by atoms with Crippen molar-refractivity contribution in [3.05, 3.63) is 0 Å². The Kier molecular flexibility index (Phi) is 1.45. The van der Waals surface area contributed by atoms with Gasteiger partial charge in [-0.1, -0.05) is 13.8 Å². The fraction of sp³-hybridized carbons (Fsp3) is 1.00. The Balaban J connectivity index is 2.14. The van der Waals surface area contributed by atoms with Crippen molar-refractivity contribution in [3.63, 3.8) is 0 Å². The zero-order valence-corrected chi connectivity index (χ0v) is 8.04. The summed E-state index contributed by atoms with van der Waals surface area (Å²) in [5.41, 5.74) is -0.476. The highest BCUT2D eigenvalue weighted by Crippen LogP contribution is 2.66. The third kappa shape index (κ3) is 0.944. The largest absolute Gasteiger partial charge is 0.390 e. The van der Waals surface area contributed by atoms with Crippen LogP contribution in [0.2, 0.25) is 0 Å². The van der Waals surface area contributed by atoms with E-state index >= 15 is 0 Å². The monoisotopic (exact) mass is 170 g/mol. The van der Waals surface area contributed by atoms with Crippen LogP contribution in [-0.2, 0) is 0 Å². The third-order valence-corrected chi connectivity index (χ3v) is 4.12. The van der Waals surface area contributed by atoms with Gasteiger partial charge in [-0.05, 0) is 37.0 Å². The SMILES string of the molecule is CC1(O)CC2[C@@H](C[C@@H]1O)C2(C)C. The summed E-state index contributed by atoms with van der Waals surface area (Å²) in [5, 5.41) is 19.4. The summed E-state index contributed by atoms with van der Waals surface area (Å²) < 4.78 is 0. The Labute approximate surface area is 73.6 Å². The predicted octanol–water partition coefficient (Wildman–Crippen LogP) is 1.16. The molecule has 0 aromatic heterocycles. The molecule has 2 rings (SSSR count). The molecule has 0 spiro atoms. The van der Waals surface area contributed by atoms with E-state index in [9.17, 15) is 10.2 Å². The molecule has 2 aliphatic carbocycles. The highest BCUT2D eigenvalue weighted by molar-refractivity contribution is 5.12. The fourth-order valence-corrected chi connectivity index (χ4v) is 2.81. The van der Waals surface area contributed by atoms with Crippen molar-refractivity contribution >= 4 is 0 Å². The van der Waals surface area contributed by atoms with Crippen LogP contribution in [0.5, 0.6) is 0 Å². The first-order valence-electron chi connectivity index (χ1n) is 4.76. The first kappa shape index (κ1) is 8.52. The minimum Gasteiger partial charge on any atom is -0.390 e. The van der Waals surface area contributed by atoms with Gasteiger partial charge in [0.1, 0.15) is 0 Å². The van der Waals surface area contributed by atoms with Crippen LogP contribution in [0.4, 0.5) is 0 Å². The van der Waals surface area contributed by atoms with Crippen LogP contribution in [0.3, 0.4) is 0 Å². The Bertz CT molecular complexity index is 208. The Morgan fingerprint density at radius 2 is 1.75 bits per heavy atom. The molecule has 2 N–H and O–H groups in total. The average Bonchev–Trinajstić information content (AvgIpc) is 2.37. The lowest BCUT2D eigenvalue weighted by atomic mass is 9.84. The molecule has 0 amide bonds. The summed E-state index contributed by atoms with van der Waals surface area (Å²) in [5.74, 6) is 1.28. The number of fused-ring (bicyclic) bond motifs is 1. The minimum atomic E-state index is -0.838. The van der Waals surface area contributed by atoms with E-state index in [0.29, 0.717) is 17.3 Å². The van der Waals surface area contributed by atoms with Crippen molar-refractivity contribution in [2.75, 3.05) is 0 Å². The van der Waals surface area contributed by atoms with E-state index in [4.69, 9.17) is 0 Å². The second-order valence-corrected chi connectivity index (χ2v) is 5.35. The smallest absolute Gasteiger partial charge is 0.0880 e. The van der Waals surface area contributed by atoms with E-state index < -0.39 is 11.7 Å². The molecule has 2 fully saturated rings. The van der Waals surface area contributed by atoms with Crippen molar-refractivity contribution in [2.24, 2.45) is 17.3 Å². The van der Waals surface area contributed by atoms with Gasteiger partial charge in [0, 0.05) is 0 Å². The molecule has 2 heteroatoms. The van der Waals surface area contributed by atoms with Gasteiger partial charge in [0.05, 0.1) is 11.7 Å². The average molecular weight is 170 g/mol. The summed E-state index contributed by atoms with van der Waals surface area (Å²) in [4.78, 5) is 0. The lowest BCUT2D eigenvalue weighted by molar-refractivity contribution is -0.0892. The zero-order valence-electron chi connectivity index (χ0n) is 8.04. The quantitative estimate of drug-likeness (QED) is 0.573. The predicted molar refractivity (Wildman–Crippen MR) is 46.6 cm³/mol. The number of aliphatic hydroxyl groups is 2. The Morgan fingerprint density at radius 1 is 1.17 bits per heavy atom. The summed E-state index contributed by atoms with van der Waals surface area (Å²) in [7, 11) is 0. The topological polar surface area (TPSA) is 40.5 Å². The molecule has 70 valence electrons. The first-order chi connectivity index (χ1) is 5.36. The van der Waals surface area contributed by atoms with Gasteiger partial charge >= 0.3 is 0 Å². The molecule has 0 aromatic carbocycles. The molecule has 2 aliphatic rings. The molecule has 0 radical (unpaired) electrons. The molecule has 0 bridgehead atoms. The van der Waals surface area contributed by atoms with E-state index in [1.54, 1.807) is 6.92 Å². The van der Waals surface area contributed by atoms with Crippen LogP contribution < -0.4 is 0 Å². The van der Waals surface area contributed by atoms with Gasteiger partial charge in [-0.3, -0.25) is 0 Å². The van der Waals surface area contributed by atoms with Crippen molar-refractivity contribution in [3.8, 4) is 0 Å². The summed E-state index contributed by atoms with van der Waals surface area (Å²) >= 11 is 0. The molecule has 2 nitrogen and oxygen atoms in total. The molecule has 0 saturated heterocycles. The van der Waals surface area contributed by atoms with Gasteiger partial charge < -0.3 is 10.2 Å². The second kappa shape index (κ2) is 2.05. The van der Waals surface area contributed by atoms with E-state index in [1.807, 2.05) is 0 Å². The van der Waals surface area contributed by atoms with Gasteiger partial charge in [0.2, 0.25) is 0 Å². The number of rotatable bonds is 0. The Morgan fingerprint density at radius 3 is 2.25 bits per heavy atom. The van der Waals surface area contributed by atoms with Crippen molar-refractivity contribution in [2.45, 2.75) is 45.3 Å². The molecule has 2 unspecified atom stereocenters. The fourth-order valence-electron chi connectivity index (χ4n) is 2.81. The molecule has 2 saturated carbocycles. The normalized spacial score (nSPS) is 56.2. The van der Waals surface area contributed by atoms with Gasteiger partial charge in [-0.2, -0.15) is 0 Å². The van der Waals surface area contributed by atoms with Gasteiger partial charge in [-0.25, -0.2) is 0 Å². The summed E-state index contributed by atoms with van der Waals surface area (Å²) in [6.07, 6.45) is 1.04. The zero-order chi connectivity index (χ0) is 9.15. The van der Waals surface area contributed by atoms with Crippen molar-refractivity contribution in [1.82, 2.24) is 0 Å². The number of aliphatic hydroxyl groups excluding tert-OH is 1. The first-order valence-corrected chi connectivity index (χ1v) is 4.76. The van der Waals surface area contributed by atoms with Crippen LogP contribution in [0.1, 0.15) is 33.6 Å². The summed E-state index contributed by atoms with van der Waals surface area (Å²) in [6.45, 7) is 6.22. The minimum absolute atomic E-state index is 0.363. The number of hydrogen-bond acceptors (Lipinski definition) is 2. The third-order valence-electron chi connectivity index (χ3n) is 4.12. The van der Waals surface area contributed by atoms with Crippen molar-refractivity contribution < 1.29 is 10.2 Å². The van der Waals surface area contributed by atoms with Crippen molar-refractivity contribution in [1.29, 1.82) is 0 Å². The molecule has 0 aliphatic heterocycles. The highest BCUT2D eigenvalue weighted by atomic mass is 16.3. The second-order valence-electron chi connectivity index (χ2n) is 5.35. The van der Waals surface area contributed by atoms with Crippen LogP contribution >= 0.6 is 0 Å².